The second kappa shape index (κ2) is 9.56. The van der Waals surface area contributed by atoms with Crippen LogP contribution in [0.1, 0.15) is 21.7 Å². The lowest BCUT2D eigenvalue weighted by molar-refractivity contribution is 0.102. The molecule has 3 aromatic carbocycles. The summed E-state index contributed by atoms with van der Waals surface area (Å²) in [5.74, 6) is -0.187. The summed E-state index contributed by atoms with van der Waals surface area (Å²) in [4.78, 5) is 20.5. The summed E-state index contributed by atoms with van der Waals surface area (Å²) in [5, 5.41) is 9.15. The molecular formula is C28H23ClN4OS. The van der Waals surface area contributed by atoms with Crippen LogP contribution in [0.5, 0.6) is 0 Å². The summed E-state index contributed by atoms with van der Waals surface area (Å²) in [7, 11) is 1.91. The van der Waals surface area contributed by atoms with Crippen molar-refractivity contribution in [3.8, 4) is 11.3 Å². The standard InChI is InChI=1S/C28H23ClN4OS/c1-17-27(18(2)33(3)32-17)25-16-22(21-8-4-5-9-23(21)30-25)28(34)31-24-10-6-7-11-26(24)35-20-14-12-19(29)13-15-20/h4-16H,1-3H3,(H,31,34). The molecule has 0 saturated carbocycles. The van der Waals surface area contributed by atoms with Gasteiger partial charge in [-0.15, -0.1) is 0 Å². The zero-order valence-electron chi connectivity index (χ0n) is 19.5. The number of amides is 1. The third-order valence-electron chi connectivity index (χ3n) is 5.90. The highest BCUT2D eigenvalue weighted by Crippen LogP contribution is 2.35. The lowest BCUT2D eigenvalue weighted by Gasteiger charge is -2.13. The van der Waals surface area contributed by atoms with Crippen molar-refractivity contribution in [2.24, 2.45) is 7.05 Å². The molecule has 7 heteroatoms. The summed E-state index contributed by atoms with van der Waals surface area (Å²) in [5.41, 5.74) is 5.65. The second-order valence-electron chi connectivity index (χ2n) is 8.25. The highest BCUT2D eigenvalue weighted by molar-refractivity contribution is 7.99. The van der Waals surface area contributed by atoms with Crippen molar-refractivity contribution in [2.75, 3.05) is 5.32 Å². The van der Waals surface area contributed by atoms with Crippen LogP contribution in [-0.4, -0.2) is 20.7 Å². The molecule has 0 aliphatic heterocycles. The van der Waals surface area contributed by atoms with Gasteiger partial charge in [-0.05, 0) is 62.4 Å². The normalized spacial score (nSPS) is 11.1. The SMILES string of the molecule is Cc1nn(C)c(C)c1-c1cc(C(=O)Nc2ccccc2Sc2ccc(Cl)cc2)c2ccccc2n1. The predicted octanol–water partition coefficient (Wildman–Crippen LogP) is 7.31. The van der Waals surface area contributed by atoms with Gasteiger partial charge in [-0.3, -0.25) is 9.48 Å². The number of para-hydroxylation sites is 2. The van der Waals surface area contributed by atoms with Crippen LogP contribution in [0.3, 0.4) is 0 Å². The molecule has 0 bridgehead atoms. The van der Waals surface area contributed by atoms with E-state index in [0.717, 1.165) is 49.0 Å². The van der Waals surface area contributed by atoms with E-state index < -0.39 is 0 Å². The van der Waals surface area contributed by atoms with Gasteiger partial charge in [-0.25, -0.2) is 4.98 Å². The number of hydrogen-bond donors (Lipinski definition) is 1. The van der Waals surface area contributed by atoms with Gasteiger partial charge in [0.05, 0.1) is 28.2 Å². The summed E-state index contributed by atoms with van der Waals surface area (Å²) >= 11 is 7.61. The number of aryl methyl sites for hydroxylation is 2. The maximum atomic E-state index is 13.6. The highest BCUT2D eigenvalue weighted by Gasteiger charge is 2.19. The fourth-order valence-electron chi connectivity index (χ4n) is 4.11. The maximum Gasteiger partial charge on any atom is 0.256 e. The molecule has 0 spiro atoms. The first-order valence-electron chi connectivity index (χ1n) is 11.1. The minimum Gasteiger partial charge on any atom is -0.321 e. The zero-order valence-corrected chi connectivity index (χ0v) is 21.1. The number of carbonyl (C=O) groups is 1. The van der Waals surface area contributed by atoms with Crippen molar-refractivity contribution in [2.45, 2.75) is 23.6 Å². The second-order valence-corrected chi connectivity index (χ2v) is 9.80. The topological polar surface area (TPSA) is 59.8 Å². The monoisotopic (exact) mass is 498 g/mol. The maximum absolute atomic E-state index is 13.6. The van der Waals surface area contributed by atoms with Gasteiger partial charge in [0.25, 0.3) is 5.91 Å². The van der Waals surface area contributed by atoms with Crippen LogP contribution in [0.25, 0.3) is 22.2 Å². The Balaban J connectivity index is 1.54. The zero-order chi connectivity index (χ0) is 24.5. The van der Waals surface area contributed by atoms with Gasteiger partial charge in [-0.2, -0.15) is 5.10 Å². The average molecular weight is 499 g/mol. The van der Waals surface area contributed by atoms with E-state index in [2.05, 4.69) is 10.4 Å². The van der Waals surface area contributed by atoms with E-state index in [-0.39, 0.29) is 5.91 Å². The number of nitrogens with one attached hydrogen (secondary N) is 1. The van der Waals surface area contributed by atoms with Gasteiger partial charge >= 0.3 is 0 Å². The lowest BCUT2D eigenvalue weighted by Crippen LogP contribution is -2.13. The molecule has 5 rings (SSSR count). The fraction of sp³-hybridized carbons (Fsp3) is 0.107. The predicted molar refractivity (Wildman–Crippen MR) is 143 cm³/mol. The molecule has 5 aromatic rings. The largest absolute Gasteiger partial charge is 0.321 e. The number of aromatic nitrogens is 3. The number of anilines is 1. The molecule has 5 nitrogen and oxygen atoms in total. The Morgan fingerprint density at radius 1 is 0.971 bits per heavy atom. The van der Waals surface area contributed by atoms with Crippen LogP contribution in [0, 0.1) is 13.8 Å². The summed E-state index contributed by atoms with van der Waals surface area (Å²) in [6, 6.07) is 25.0. The molecule has 0 unspecified atom stereocenters. The first-order valence-corrected chi connectivity index (χ1v) is 12.3. The van der Waals surface area contributed by atoms with E-state index >= 15 is 0 Å². The molecule has 0 radical (unpaired) electrons. The van der Waals surface area contributed by atoms with Crippen molar-refractivity contribution in [1.29, 1.82) is 0 Å². The summed E-state index contributed by atoms with van der Waals surface area (Å²) < 4.78 is 1.84. The third-order valence-corrected chi connectivity index (χ3v) is 7.24. The van der Waals surface area contributed by atoms with Crippen molar-refractivity contribution in [1.82, 2.24) is 14.8 Å². The molecule has 1 amide bonds. The number of hydrogen-bond acceptors (Lipinski definition) is 4. The van der Waals surface area contributed by atoms with Crippen molar-refractivity contribution >= 4 is 45.9 Å². The number of fused-ring (bicyclic) bond motifs is 1. The molecule has 174 valence electrons. The summed E-state index contributed by atoms with van der Waals surface area (Å²) in [6.07, 6.45) is 0. The molecule has 0 saturated heterocycles. The fourth-order valence-corrected chi connectivity index (χ4v) is 5.14. The number of pyridine rings is 1. The average Bonchev–Trinajstić information content (AvgIpc) is 3.11. The smallest absolute Gasteiger partial charge is 0.256 e. The van der Waals surface area contributed by atoms with E-state index in [0.29, 0.717) is 10.6 Å². The minimum absolute atomic E-state index is 0.187. The highest BCUT2D eigenvalue weighted by atomic mass is 35.5. The molecule has 0 fully saturated rings. The molecule has 1 N–H and O–H groups in total. The Labute approximate surface area is 213 Å². The Hall–Kier alpha value is -3.61. The molecule has 0 aliphatic rings. The van der Waals surface area contributed by atoms with Crippen LogP contribution in [0.2, 0.25) is 5.02 Å². The van der Waals surface area contributed by atoms with Crippen LogP contribution >= 0.6 is 23.4 Å². The van der Waals surface area contributed by atoms with E-state index in [4.69, 9.17) is 16.6 Å². The number of rotatable bonds is 5. The van der Waals surface area contributed by atoms with E-state index in [1.54, 1.807) is 11.8 Å². The van der Waals surface area contributed by atoms with Crippen molar-refractivity contribution in [3.05, 3.63) is 101 Å². The van der Waals surface area contributed by atoms with E-state index in [1.807, 2.05) is 104 Å². The van der Waals surface area contributed by atoms with Gasteiger partial charge in [0.2, 0.25) is 0 Å². The van der Waals surface area contributed by atoms with Gasteiger partial charge in [-0.1, -0.05) is 53.7 Å². The summed E-state index contributed by atoms with van der Waals surface area (Å²) in [6.45, 7) is 3.97. The van der Waals surface area contributed by atoms with Gasteiger partial charge in [0.15, 0.2) is 0 Å². The first kappa shape index (κ1) is 23.1. The molecular weight excluding hydrogens is 476 g/mol. The minimum atomic E-state index is -0.187. The van der Waals surface area contributed by atoms with Gasteiger partial charge < -0.3 is 5.32 Å². The third kappa shape index (κ3) is 4.67. The molecule has 0 aliphatic carbocycles. The van der Waals surface area contributed by atoms with Crippen molar-refractivity contribution < 1.29 is 4.79 Å². The molecule has 2 aromatic heterocycles. The van der Waals surface area contributed by atoms with Crippen molar-refractivity contribution in [3.63, 3.8) is 0 Å². The Bertz CT molecular complexity index is 1560. The Morgan fingerprint density at radius 2 is 1.69 bits per heavy atom. The van der Waals surface area contributed by atoms with Crippen LogP contribution in [0.4, 0.5) is 5.69 Å². The van der Waals surface area contributed by atoms with E-state index in [1.165, 1.54) is 0 Å². The van der Waals surface area contributed by atoms with E-state index in [9.17, 15) is 4.79 Å². The van der Waals surface area contributed by atoms with Crippen LogP contribution in [0.15, 0.2) is 88.7 Å². The number of nitrogens with zero attached hydrogens (tertiary/aromatic N) is 3. The number of halogens is 1. The number of benzene rings is 3. The van der Waals surface area contributed by atoms with Gasteiger partial charge in [0.1, 0.15) is 0 Å². The molecule has 35 heavy (non-hydrogen) atoms. The van der Waals surface area contributed by atoms with Gasteiger partial charge in [0, 0.05) is 38.5 Å². The quantitative estimate of drug-likeness (QED) is 0.276. The lowest BCUT2D eigenvalue weighted by atomic mass is 10.0. The number of carbonyl (C=O) groups excluding carboxylic acids is 1. The Morgan fingerprint density at radius 3 is 2.43 bits per heavy atom. The first-order chi connectivity index (χ1) is 16.9. The van der Waals surface area contributed by atoms with Crippen LogP contribution in [-0.2, 0) is 7.05 Å². The van der Waals surface area contributed by atoms with Crippen LogP contribution < -0.4 is 5.32 Å². The Kier molecular flexibility index (Phi) is 6.32. The molecule has 2 heterocycles. The molecule has 0 atom stereocenters.